The van der Waals surface area contributed by atoms with Crippen molar-refractivity contribution in [2.75, 3.05) is 20.1 Å². The number of nitrogens with zero attached hydrogens (tertiary/aromatic N) is 1. The van der Waals surface area contributed by atoms with E-state index in [4.69, 9.17) is 0 Å². The van der Waals surface area contributed by atoms with Crippen molar-refractivity contribution in [1.82, 2.24) is 10.2 Å². The zero-order chi connectivity index (χ0) is 14.5. The molecular weight excluding hydrogens is 258 g/mol. The molecule has 1 atom stereocenters. The Morgan fingerprint density at radius 3 is 2.75 bits per heavy atom. The Bertz CT molecular complexity index is 432. The highest BCUT2D eigenvalue weighted by Crippen LogP contribution is 2.27. The number of hydrogen-bond donors (Lipinski definition) is 1. The molecule has 0 spiro atoms. The second-order valence-corrected chi connectivity index (χ2v) is 5.65. The van der Waals surface area contributed by atoms with E-state index in [0.29, 0.717) is 11.6 Å². The molecule has 0 heterocycles. The first-order valence-corrected chi connectivity index (χ1v) is 7.51. The summed E-state index contributed by atoms with van der Waals surface area (Å²) in [6.45, 7) is 3.79. The van der Waals surface area contributed by atoms with Crippen LogP contribution in [0.25, 0.3) is 0 Å². The Hall–Kier alpha value is -1.00. The molecule has 1 N–H and O–H groups in total. The number of halogens is 2. The Morgan fingerprint density at radius 2 is 2.10 bits per heavy atom. The molecule has 112 valence electrons. The molecule has 1 aromatic rings. The van der Waals surface area contributed by atoms with Crippen LogP contribution in [-0.2, 0) is 0 Å². The quantitative estimate of drug-likeness (QED) is 0.785. The maximum Gasteiger partial charge on any atom is 0.163 e. The first kappa shape index (κ1) is 15.4. The van der Waals surface area contributed by atoms with Gasteiger partial charge in [0.05, 0.1) is 0 Å². The molecule has 1 fully saturated rings. The van der Waals surface area contributed by atoms with Gasteiger partial charge in [0.25, 0.3) is 0 Å². The molecule has 0 saturated heterocycles. The van der Waals surface area contributed by atoms with Crippen LogP contribution in [0.1, 0.15) is 44.2 Å². The van der Waals surface area contributed by atoms with E-state index in [1.165, 1.54) is 18.9 Å². The molecule has 2 nitrogen and oxygen atoms in total. The van der Waals surface area contributed by atoms with Gasteiger partial charge in [-0.3, -0.25) is 0 Å². The maximum atomic E-state index is 13.9. The smallest absolute Gasteiger partial charge is 0.163 e. The summed E-state index contributed by atoms with van der Waals surface area (Å²) in [6.07, 6.45) is 4.30. The fraction of sp³-hybridized carbons (Fsp3) is 0.625. The Morgan fingerprint density at radius 1 is 1.35 bits per heavy atom. The van der Waals surface area contributed by atoms with E-state index in [1.807, 2.05) is 0 Å². The number of benzene rings is 1. The predicted molar refractivity (Wildman–Crippen MR) is 77.7 cm³/mol. The molecule has 20 heavy (non-hydrogen) atoms. The van der Waals surface area contributed by atoms with Crippen molar-refractivity contribution in [3.05, 3.63) is 35.4 Å². The average molecular weight is 282 g/mol. The van der Waals surface area contributed by atoms with Crippen molar-refractivity contribution < 1.29 is 8.78 Å². The predicted octanol–water partition coefficient (Wildman–Crippen LogP) is 3.49. The molecule has 1 unspecified atom stereocenters. The summed E-state index contributed by atoms with van der Waals surface area (Å²) in [7, 11) is 2.11. The van der Waals surface area contributed by atoms with Gasteiger partial charge in [-0.15, -0.1) is 0 Å². The van der Waals surface area contributed by atoms with Gasteiger partial charge >= 0.3 is 0 Å². The third-order valence-electron chi connectivity index (χ3n) is 3.94. The minimum Gasteiger partial charge on any atom is -0.310 e. The Balaban J connectivity index is 2.03. The van der Waals surface area contributed by atoms with Crippen LogP contribution in [-0.4, -0.2) is 31.1 Å². The Labute approximate surface area is 120 Å². The van der Waals surface area contributed by atoms with E-state index < -0.39 is 11.6 Å². The van der Waals surface area contributed by atoms with Gasteiger partial charge in [-0.05, 0) is 51.9 Å². The van der Waals surface area contributed by atoms with Crippen LogP contribution in [0.5, 0.6) is 0 Å². The van der Waals surface area contributed by atoms with Crippen molar-refractivity contribution in [3.63, 3.8) is 0 Å². The van der Waals surface area contributed by atoms with Crippen molar-refractivity contribution in [2.45, 2.75) is 44.7 Å². The number of rotatable bonds is 8. The molecule has 1 aliphatic rings. The van der Waals surface area contributed by atoms with Crippen LogP contribution in [0, 0.1) is 11.6 Å². The van der Waals surface area contributed by atoms with Crippen LogP contribution in [0.4, 0.5) is 8.78 Å². The van der Waals surface area contributed by atoms with E-state index >= 15 is 0 Å². The van der Waals surface area contributed by atoms with Gasteiger partial charge in [0.15, 0.2) is 11.6 Å². The van der Waals surface area contributed by atoms with E-state index in [0.717, 1.165) is 25.9 Å². The molecule has 2 rings (SSSR count). The SMILES string of the molecule is CCCNC(CCN(C)C1CC1)c1cccc(F)c1F. The van der Waals surface area contributed by atoms with E-state index in [2.05, 4.69) is 24.2 Å². The summed E-state index contributed by atoms with van der Waals surface area (Å²) < 4.78 is 27.3. The third-order valence-corrected chi connectivity index (χ3v) is 3.94. The van der Waals surface area contributed by atoms with E-state index in [9.17, 15) is 8.78 Å². The van der Waals surface area contributed by atoms with Crippen LogP contribution in [0.2, 0.25) is 0 Å². The van der Waals surface area contributed by atoms with Crippen molar-refractivity contribution >= 4 is 0 Å². The standard InChI is InChI=1S/C16H24F2N2/c1-3-10-19-15(9-11-20(2)12-7-8-12)13-5-4-6-14(17)16(13)18/h4-6,12,15,19H,3,7-11H2,1-2H3. The zero-order valence-electron chi connectivity index (χ0n) is 12.3. The first-order valence-electron chi connectivity index (χ1n) is 7.51. The lowest BCUT2D eigenvalue weighted by Gasteiger charge is -2.23. The van der Waals surface area contributed by atoms with Crippen molar-refractivity contribution in [1.29, 1.82) is 0 Å². The highest BCUT2D eigenvalue weighted by atomic mass is 19.2. The maximum absolute atomic E-state index is 13.9. The van der Waals surface area contributed by atoms with Crippen LogP contribution in [0.3, 0.4) is 0 Å². The summed E-state index contributed by atoms with van der Waals surface area (Å²) in [5.74, 6) is -1.48. The van der Waals surface area contributed by atoms with Gasteiger partial charge in [0.1, 0.15) is 0 Å². The lowest BCUT2D eigenvalue weighted by atomic mass is 10.0. The van der Waals surface area contributed by atoms with E-state index in [1.54, 1.807) is 12.1 Å². The largest absolute Gasteiger partial charge is 0.310 e. The third kappa shape index (κ3) is 4.00. The van der Waals surface area contributed by atoms with Gasteiger partial charge in [-0.25, -0.2) is 8.78 Å². The normalized spacial score (nSPS) is 16.6. The molecule has 0 aliphatic heterocycles. The lowest BCUT2D eigenvalue weighted by Crippen LogP contribution is -2.29. The molecule has 0 bridgehead atoms. The highest BCUT2D eigenvalue weighted by molar-refractivity contribution is 5.22. The minimum absolute atomic E-state index is 0.119. The molecule has 1 aromatic carbocycles. The first-order chi connectivity index (χ1) is 9.63. The monoisotopic (exact) mass is 282 g/mol. The van der Waals surface area contributed by atoms with Crippen LogP contribution in [0.15, 0.2) is 18.2 Å². The van der Waals surface area contributed by atoms with Crippen LogP contribution >= 0.6 is 0 Å². The van der Waals surface area contributed by atoms with Gasteiger partial charge in [-0.1, -0.05) is 19.1 Å². The molecule has 1 aliphatic carbocycles. The summed E-state index contributed by atoms with van der Waals surface area (Å²) in [5, 5.41) is 3.34. The van der Waals surface area contributed by atoms with Gasteiger partial charge in [-0.2, -0.15) is 0 Å². The molecule has 4 heteroatoms. The molecular formula is C16H24F2N2. The van der Waals surface area contributed by atoms with Gasteiger partial charge in [0.2, 0.25) is 0 Å². The lowest BCUT2D eigenvalue weighted by molar-refractivity contribution is 0.296. The Kier molecular flexibility index (Phi) is 5.49. The van der Waals surface area contributed by atoms with Crippen LogP contribution < -0.4 is 5.32 Å². The summed E-state index contributed by atoms with van der Waals surface area (Å²) in [6, 6.07) is 5.01. The van der Waals surface area contributed by atoms with Crippen molar-refractivity contribution in [3.8, 4) is 0 Å². The summed E-state index contributed by atoms with van der Waals surface area (Å²) in [5.41, 5.74) is 0.447. The van der Waals surface area contributed by atoms with E-state index in [-0.39, 0.29) is 6.04 Å². The second kappa shape index (κ2) is 7.14. The second-order valence-electron chi connectivity index (χ2n) is 5.65. The molecule has 0 aromatic heterocycles. The number of hydrogen-bond acceptors (Lipinski definition) is 2. The van der Waals surface area contributed by atoms with Gasteiger partial charge in [0, 0.05) is 17.6 Å². The molecule has 0 amide bonds. The fourth-order valence-corrected chi connectivity index (χ4v) is 2.51. The fourth-order valence-electron chi connectivity index (χ4n) is 2.51. The van der Waals surface area contributed by atoms with Gasteiger partial charge < -0.3 is 10.2 Å². The summed E-state index contributed by atoms with van der Waals surface area (Å²) in [4.78, 5) is 2.32. The summed E-state index contributed by atoms with van der Waals surface area (Å²) >= 11 is 0. The average Bonchev–Trinajstić information content (AvgIpc) is 3.27. The van der Waals surface area contributed by atoms with Crippen molar-refractivity contribution in [2.24, 2.45) is 0 Å². The number of nitrogens with one attached hydrogen (secondary N) is 1. The zero-order valence-corrected chi connectivity index (χ0v) is 12.3. The molecule has 0 radical (unpaired) electrons. The topological polar surface area (TPSA) is 15.3 Å². The highest BCUT2D eigenvalue weighted by Gasteiger charge is 2.27. The molecule has 1 saturated carbocycles. The minimum atomic E-state index is -0.763.